The maximum atomic E-state index is 9.32. The Hall–Kier alpha value is -0.600. The van der Waals surface area contributed by atoms with E-state index in [9.17, 15) is 5.11 Å². The van der Waals surface area contributed by atoms with E-state index >= 15 is 0 Å². The van der Waals surface area contributed by atoms with Crippen molar-refractivity contribution in [2.24, 2.45) is 5.92 Å². The van der Waals surface area contributed by atoms with Gasteiger partial charge < -0.3 is 10.2 Å². The highest BCUT2D eigenvalue weighted by atomic mass is 16.3. The van der Waals surface area contributed by atoms with E-state index in [4.69, 9.17) is 5.11 Å². The largest absolute Gasteiger partial charge is 0.390 e. The second-order valence-corrected chi connectivity index (χ2v) is 6.45. The van der Waals surface area contributed by atoms with Crippen LogP contribution < -0.4 is 0 Å². The molecule has 1 unspecified atom stereocenters. The smallest absolute Gasteiger partial charge is 0.0594 e. The topological polar surface area (TPSA) is 40.5 Å². The van der Waals surface area contributed by atoms with E-state index in [0.29, 0.717) is 5.92 Å². The molecule has 0 heterocycles. The van der Waals surface area contributed by atoms with Gasteiger partial charge in [-0.3, -0.25) is 0 Å². The summed E-state index contributed by atoms with van der Waals surface area (Å²) in [7, 11) is 0. The molecule has 0 aliphatic rings. The Morgan fingerprint density at radius 1 is 0.857 bits per heavy atom. The number of hydrogen-bond donors (Lipinski definition) is 2. The fourth-order valence-electron chi connectivity index (χ4n) is 1.61. The quantitative estimate of drug-likeness (QED) is 0.614. The molecule has 0 bridgehead atoms. The minimum atomic E-state index is -0.477. The summed E-state index contributed by atoms with van der Waals surface area (Å²) in [5.74, 6) is 0.644. The number of hydrogen-bond acceptors (Lipinski definition) is 2. The van der Waals surface area contributed by atoms with Gasteiger partial charge in [0.1, 0.15) is 0 Å². The molecular weight excluding hydrogens is 260 g/mol. The maximum absolute atomic E-state index is 9.32. The molecule has 0 aliphatic carbocycles. The molecule has 1 atom stereocenters. The normalized spacial score (nSPS) is 11.7. The van der Waals surface area contributed by atoms with Crippen LogP contribution in [0.2, 0.25) is 0 Å². The number of rotatable bonds is 6. The predicted molar refractivity (Wildman–Crippen MR) is 98.7 cm³/mol. The van der Waals surface area contributed by atoms with E-state index < -0.39 is 11.2 Å². The minimum Gasteiger partial charge on any atom is -0.390 e. The first kappa shape index (κ1) is 28.5. The lowest BCUT2D eigenvalue weighted by Crippen LogP contribution is -2.21. The van der Waals surface area contributed by atoms with Gasteiger partial charge in [0.15, 0.2) is 0 Å². The zero-order valence-corrected chi connectivity index (χ0v) is 15.8. The van der Waals surface area contributed by atoms with Crippen molar-refractivity contribution in [3.63, 3.8) is 0 Å². The van der Waals surface area contributed by atoms with Gasteiger partial charge in [-0.05, 0) is 46.5 Å². The second kappa shape index (κ2) is 17.5. The fraction of sp³-hybridized carbons (Fsp3) is 0.789. The third-order valence-corrected chi connectivity index (χ3v) is 2.69. The molecule has 0 radical (unpaired) electrons. The summed E-state index contributed by atoms with van der Waals surface area (Å²) < 4.78 is 0. The Balaban J connectivity index is -0.000000111. The first-order chi connectivity index (χ1) is 9.52. The van der Waals surface area contributed by atoms with Crippen LogP contribution in [-0.4, -0.2) is 21.4 Å². The van der Waals surface area contributed by atoms with E-state index in [1.165, 1.54) is 6.42 Å². The van der Waals surface area contributed by atoms with Crippen LogP contribution in [0.25, 0.3) is 0 Å². The van der Waals surface area contributed by atoms with Crippen LogP contribution in [-0.2, 0) is 0 Å². The first-order valence-corrected chi connectivity index (χ1v) is 7.96. The summed E-state index contributed by atoms with van der Waals surface area (Å²) in [6.07, 6.45) is 5.28. The monoisotopic (exact) mass is 302 g/mol. The van der Waals surface area contributed by atoms with E-state index in [2.05, 4.69) is 47.1 Å². The van der Waals surface area contributed by atoms with Crippen molar-refractivity contribution in [2.75, 3.05) is 0 Å². The Kier molecular flexibility index (Phi) is 23.7. The zero-order valence-electron chi connectivity index (χ0n) is 15.8. The molecule has 0 aliphatic heterocycles. The van der Waals surface area contributed by atoms with Crippen LogP contribution >= 0.6 is 0 Å². The van der Waals surface area contributed by atoms with Crippen LogP contribution in [0, 0.1) is 5.92 Å². The molecule has 0 aromatic rings. The molecule has 2 heteroatoms. The summed E-state index contributed by atoms with van der Waals surface area (Å²) in [6, 6.07) is 0. The van der Waals surface area contributed by atoms with Gasteiger partial charge in [0.2, 0.25) is 0 Å². The Bertz CT molecular complexity index is 185. The van der Waals surface area contributed by atoms with Crippen LogP contribution in [0.5, 0.6) is 0 Å². The van der Waals surface area contributed by atoms with Gasteiger partial charge in [-0.1, -0.05) is 40.0 Å². The molecule has 130 valence electrons. The average molecular weight is 303 g/mol. The summed E-state index contributed by atoms with van der Waals surface area (Å²) >= 11 is 0. The highest BCUT2D eigenvalue weighted by Gasteiger charge is 2.15. The van der Waals surface area contributed by atoms with Gasteiger partial charge >= 0.3 is 0 Å². The average Bonchev–Trinajstić information content (AvgIpc) is 2.39. The SMILES string of the molecule is C=C.C=C.CCC(C)CC(C)(C)O.CCCCC(C)(C)O. The molecule has 0 rings (SSSR count). The Morgan fingerprint density at radius 2 is 1.24 bits per heavy atom. The van der Waals surface area contributed by atoms with Crippen molar-refractivity contribution in [3.05, 3.63) is 26.3 Å². The lowest BCUT2D eigenvalue weighted by molar-refractivity contribution is 0.0547. The number of aliphatic hydroxyl groups is 2. The van der Waals surface area contributed by atoms with Crippen molar-refractivity contribution in [2.45, 2.75) is 91.8 Å². The molecule has 0 spiro atoms. The highest BCUT2D eigenvalue weighted by molar-refractivity contribution is 4.67. The minimum absolute atomic E-state index is 0.448. The van der Waals surface area contributed by atoms with Gasteiger partial charge in [-0.2, -0.15) is 0 Å². The molecule has 21 heavy (non-hydrogen) atoms. The first-order valence-electron chi connectivity index (χ1n) is 7.96. The molecule has 2 N–H and O–H groups in total. The Morgan fingerprint density at radius 3 is 1.33 bits per heavy atom. The van der Waals surface area contributed by atoms with Crippen molar-refractivity contribution in [1.82, 2.24) is 0 Å². The van der Waals surface area contributed by atoms with Crippen molar-refractivity contribution in [1.29, 1.82) is 0 Å². The third-order valence-electron chi connectivity index (χ3n) is 2.69. The number of unbranched alkanes of at least 4 members (excludes halogenated alkanes) is 1. The molecule has 0 aromatic carbocycles. The summed E-state index contributed by atoms with van der Waals surface area (Å²) in [6.45, 7) is 25.9. The molecule has 0 saturated heterocycles. The fourth-order valence-corrected chi connectivity index (χ4v) is 1.61. The predicted octanol–water partition coefficient (Wildman–Crippen LogP) is 5.75. The van der Waals surface area contributed by atoms with Crippen LogP contribution in [0.15, 0.2) is 26.3 Å². The molecule has 0 fully saturated rings. The van der Waals surface area contributed by atoms with E-state index in [-0.39, 0.29) is 0 Å². The van der Waals surface area contributed by atoms with Gasteiger partial charge in [0, 0.05) is 0 Å². The lowest BCUT2D eigenvalue weighted by Gasteiger charge is -2.20. The van der Waals surface area contributed by atoms with Crippen molar-refractivity contribution < 1.29 is 10.2 Å². The van der Waals surface area contributed by atoms with Gasteiger partial charge in [-0.15, -0.1) is 26.3 Å². The summed E-state index contributed by atoms with van der Waals surface area (Å²) in [5, 5.41) is 18.5. The maximum Gasteiger partial charge on any atom is 0.0594 e. The Labute approximate surface area is 135 Å². The molecular formula is C19H42O2. The van der Waals surface area contributed by atoms with Crippen LogP contribution in [0.1, 0.15) is 80.6 Å². The summed E-state index contributed by atoms with van der Waals surface area (Å²) in [5.41, 5.74) is -0.925. The third kappa shape index (κ3) is 45.2. The van der Waals surface area contributed by atoms with Crippen LogP contribution in [0.3, 0.4) is 0 Å². The van der Waals surface area contributed by atoms with E-state index in [1.54, 1.807) is 0 Å². The van der Waals surface area contributed by atoms with Gasteiger partial charge in [-0.25, -0.2) is 0 Å². The van der Waals surface area contributed by atoms with Crippen LogP contribution in [0.4, 0.5) is 0 Å². The summed E-state index contributed by atoms with van der Waals surface area (Å²) in [4.78, 5) is 0. The second-order valence-electron chi connectivity index (χ2n) is 6.45. The van der Waals surface area contributed by atoms with Gasteiger partial charge in [0.05, 0.1) is 11.2 Å². The lowest BCUT2D eigenvalue weighted by atomic mass is 9.93. The van der Waals surface area contributed by atoms with Crippen molar-refractivity contribution >= 4 is 0 Å². The van der Waals surface area contributed by atoms with Gasteiger partial charge in [0.25, 0.3) is 0 Å². The van der Waals surface area contributed by atoms with E-state index in [1.807, 2.05) is 27.7 Å². The zero-order chi connectivity index (χ0) is 18.1. The molecule has 2 nitrogen and oxygen atoms in total. The van der Waals surface area contributed by atoms with Crippen molar-refractivity contribution in [3.8, 4) is 0 Å². The van der Waals surface area contributed by atoms with E-state index in [0.717, 1.165) is 25.7 Å². The molecule has 0 aromatic heterocycles. The molecule has 0 saturated carbocycles. The standard InChI is InChI=1S/C8H18O.C7H16O.2C2H4/c1-5-7(2)6-8(3,4)9;1-4-5-6-7(2,3)8;2*1-2/h7,9H,5-6H2,1-4H3;8H,4-6H2,1-3H3;2*1-2H2. The highest BCUT2D eigenvalue weighted by Crippen LogP contribution is 2.17. The molecule has 0 amide bonds.